The van der Waals surface area contributed by atoms with Gasteiger partial charge in [0.05, 0.1) is 18.1 Å². The zero-order valence-electron chi connectivity index (χ0n) is 6.49. The molecule has 0 aliphatic heterocycles. The van der Waals surface area contributed by atoms with Crippen LogP contribution >= 0.6 is 11.8 Å². The number of aliphatic hydroxyl groups excluding tert-OH is 1. The van der Waals surface area contributed by atoms with Gasteiger partial charge in [-0.15, -0.1) is 0 Å². The Kier molecular flexibility index (Phi) is 3.52. The summed E-state index contributed by atoms with van der Waals surface area (Å²) in [6, 6.07) is 3.81. The molecule has 11 heavy (non-hydrogen) atoms. The van der Waals surface area contributed by atoms with Crippen LogP contribution in [-0.2, 0) is 5.75 Å². The van der Waals surface area contributed by atoms with Crippen molar-refractivity contribution in [2.45, 2.75) is 18.8 Å². The van der Waals surface area contributed by atoms with Gasteiger partial charge in [0.2, 0.25) is 0 Å². The zero-order chi connectivity index (χ0) is 8.10. The molecule has 3 heteroatoms. The van der Waals surface area contributed by atoms with E-state index in [1.807, 2.05) is 12.1 Å². The second-order valence-corrected chi connectivity index (χ2v) is 3.47. The Morgan fingerprint density at radius 2 is 2.55 bits per heavy atom. The summed E-state index contributed by atoms with van der Waals surface area (Å²) < 4.78 is 5.11. The van der Waals surface area contributed by atoms with Crippen molar-refractivity contribution < 1.29 is 9.52 Å². The average molecular weight is 172 g/mol. The first kappa shape index (κ1) is 8.68. The van der Waals surface area contributed by atoms with Crippen LogP contribution in [0.2, 0.25) is 0 Å². The second kappa shape index (κ2) is 4.46. The molecule has 0 aliphatic carbocycles. The molecule has 0 spiro atoms. The fraction of sp³-hybridized carbons (Fsp3) is 0.500. The van der Waals surface area contributed by atoms with Crippen molar-refractivity contribution in [2.75, 3.05) is 5.75 Å². The van der Waals surface area contributed by atoms with Crippen LogP contribution in [0.5, 0.6) is 0 Å². The third-order valence-electron chi connectivity index (χ3n) is 1.18. The zero-order valence-corrected chi connectivity index (χ0v) is 7.30. The van der Waals surface area contributed by atoms with E-state index in [0.29, 0.717) is 0 Å². The predicted molar refractivity (Wildman–Crippen MR) is 46.6 cm³/mol. The molecule has 0 unspecified atom stereocenters. The smallest absolute Gasteiger partial charge is 0.113 e. The van der Waals surface area contributed by atoms with Gasteiger partial charge in [0.25, 0.3) is 0 Å². The van der Waals surface area contributed by atoms with E-state index in [2.05, 4.69) is 0 Å². The highest BCUT2D eigenvalue weighted by Gasteiger charge is 1.98. The van der Waals surface area contributed by atoms with Gasteiger partial charge in [0.1, 0.15) is 5.76 Å². The highest BCUT2D eigenvalue weighted by Crippen LogP contribution is 2.12. The van der Waals surface area contributed by atoms with Gasteiger partial charge in [-0.05, 0) is 19.1 Å². The van der Waals surface area contributed by atoms with E-state index in [1.165, 1.54) is 0 Å². The molecule has 0 radical (unpaired) electrons. The molecule has 0 fully saturated rings. The van der Waals surface area contributed by atoms with E-state index in [1.54, 1.807) is 24.9 Å². The van der Waals surface area contributed by atoms with Crippen LogP contribution < -0.4 is 0 Å². The predicted octanol–water partition coefficient (Wildman–Crippen LogP) is 1.89. The van der Waals surface area contributed by atoms with Crippen molar-refractivity contribution in [3.8, 4) is 0 Å². The van der Waals surface area contributed by atoms with Gasteiger partial charge in [-0.2, -0.15) is 11.8 Å². The molecule has 1 aromatic rings. The van der Waals surface area contributed by atoms with E-state index < -0.39 is 0 Å². The molecular formula is C8H12O2S. The summed E-state index contributed by atoms with van der Waals surface area (Å²) in [6.07, 6.45) is 1.44. The Labute approximate surface area is 70.6 Å². The van der Waals surface area contributed by atoms with Crippen LogP contribution in [0.25, 0.3) is 0 Å². The van der Waals surface area contributed by atoms with Crippen LogP contribution in [0, 0.1) is 0 Å². The first-order valence-electron chi connectivity index (χ1n) is 3.57. The highest BCUT2D eigenvalue weighted by atomic mass is 32.2. The summed E-state index contributed by atoms with van der Waals surface area (Å²) in [5, 5.41) is 8.93. The molecule has 0 saturated carbocycles. The summed E-state index contributed by atoms with van der Waals surface area (Å²) in [6.45, 7) is 1.79. The maximum Gasteiger partial charge on any atom is 0.113 e. The van der Waals surface area contributed by atoms with Crippen molar-refractivity contribution in [3.63, 3.8) is 0 Å². The fourth-order valence-electron chi connectivity index (χ4n) is 0.725. The third-order valence-corrected chi connectivity index (χ3v) is 2.39. The van der Waals surface area contributed by atoms with Crippen LogP contribution in [-0.4, -0.2) is 17.0 Å². The maximum atomic E-state index is 8.93. The summed E-state index contributed by atoms with van der Waals surface area (Å²) >= 11 is 1.68. The third kappa shape index (κ3) is 3.49. The molecule has 0 bridgehead atoms. The van der Waals surface area contributed by atoms with Crippen molar-refractivity contribution in [1.29, 1.82) is 0 Å². The van der Waals surface area contributed by atoms with Crippen molar-refractivity contribution >= 4 is 11.8 Å². The number of furan rings is 1. The first-order valence-corrected chi connectivity index (χ1v) is 4.72. The van der Waals surface area contributed by atoms with Crippen molar-refractivity contribution in [2.24, 2.45) is 0 Å². The van der Waals surface area contributed by atoms with Crippen LogP contribution in [0.15, 0.2) is 22.8 Å². The van der Waals surface area contributed by atoms with E-state index in [-0.39, 0.29) is 6.10 Å². The SMILES string of the molecule is C[C@@H](O)CSCc1ccco1. The standard InChI is InChI=1S/C8H12O2S/c1-7(9)5-11-6-8-3-2-4-10-8/h2-4,7,9H,5-6H2,1H3/t7-/m1/s1. The molecule has 1 aromatic heterocycles. The lowest BCUT2D eigenvalue weighted by atomic mass is 10.5. The second-order valence-electron chi connectivity index (χ2n) is 2.44. The quantitative estimate of drug-likeness (QED) is 0.753. The van der Waals surface area contributed by atoms with Gasteiger partial charge in [0, 0.05) is 5.75 Å². The Morgan fingerprint density at radius 3 is 3.09 bits per heavy atom. The van der Waals surface area contributed by atoms with E-state index in [0.717, 1.165) is 17.3 Å². The number of rotatable bonds is 4. The minimum absolute atomic E-state index is 0.227. The molecule has 0 saturated heterocycles. The molecule has 0 aromatic carbocycles. The topological polar surface area (TPSA) is 33.4 Å². The molecular weight excluding hydrogens is 160 g/mol. The Morgan fingerprint density at radius 1 is 1.73 bits per heavy atom. The summed E-state index contributed by atoms with van der Waals surface area (Å²) in [7, 11) is 0. The molecule has 1 atom stereocenters. The summed E-state index contributed by atoms with van der Waals surface area (Å²) in [5.41, 5.74) is 0. The summed E-state index contributed by atoms with van der Waals surface area (Å²) in [4.78, 5) is 0. The normalized spacial score (nSPS) is 13.3. The van der Waals surface area contributed by atoms with E-state index >= 15 is 0 Å². The van der Waals surface area contributed by atoms with E-state index in [9.17, 15) is 0 Å². The molecule has 2 nitrogen and oxygen atoms in total. The molecule has 1 rings (SSSR count). The molecule has 0 amide bonds. The first-order chi connectivity index (χ1) is 5.29. The monoisotopic (exact) mass is 172 g/mol. The number of aliphatic hydroxyl groups is 1. The summed E-state index contributed by atoms with van der Waals surface area (Å²) in [5.74, 6) is 2.58. The Hall–Kier alpha value is -0.410. The fourth-order valence-corrected chi connectivity index (χ4v) is 1.55. The lowest BCUT2D eigenvalue weighted by Crippen LogP contribution is -2.02. The van der Waals surface area contributed by atoms with Gasteiger partial charge in [0.15, 0.2) is 0 Å². The average Bonchev–Trinajstić information content (AvgIpc) is 2.39. The minimum atomic E-state index is -0.227. The number of hydrogen-bond acceptors (Lipinski definition) is 3. The van der Waals surface area contributed by atoms with Crippen molar-refractivity contribution in [3.05, 3.63) is 24.2 Å². The van der Waals surface area contributed by atoms with E-state index in [4.69, 9.17) is 9.52 Å². The lowest BCUT2D eigenvalue weighted by Gasteiger charge is -2.00. The highest BCUT2D eigenvalue weighted by molar-refractivity contribution is 7.98. The van der Waals surface area contributed by atoms with Crippen molar-refractivity contribution in [1.82, 2.24) is 0 Å². The number of thioether (sulfide) groups is 1. The largest absolute Gasteiger partial charge is 0.468 e. The molecule has 62 valence electrons. The molecule has 1 N–H and O–H groups in total. The van der Waals surface area contributed by atoms with Gasteiger partial charge in [-0.3, -0.25) is 0 Å². The molecule has 1 heterocycles. The number of hydrogen-bond donors (Lipinski definition) is 1. The van der Waals surface area contributed by atoms with Gasteiger partial charge >= 0.3 is 0 Å². The van der Waals surface area contributed by atoms with Gasteiger partial charge < -0.3 is 9.52 Å². The van der Waals surface area contributed by atoms with Crippen LogP contribution in [0.1, 0.15) is 12.7 Å². The molecule has 0 aliphatic rings. The van der Waals surface area contributed by atoms with Gasteiger partial charge in [-0.1, -0.05) is 0 Å². The Balaban J connectivity index is 2.14. The van der Waals surface area contributed by atoms with Gasteiger partial charge in [-0.25, -0.2) is 0 Å². The maximum absolute atomic E-state index is 8.93. The van der Waals surface area contributed by atoms with Crippen LogP contribution in [0.3, 0.4) is 0 Å². The minimum Gasteiger partial charge on any atom is -0.468 e. The van der Waals surface area contributed by atoms with Crippen LogP contribution in [0.4, 0.5) is 0 Å². The lowest BCUT2D eigenvalue weighted by molar-refractivity contribution is 0.220. The Bertz CT molecular complexity index is 182.